The van der Waals surface area contributed by atoms with Crippen LogP contribution in [0, 0.1) is 0 Å². The van der Waals surface area contributed by atoms with Gasteiger partial charge in [-0.3, -0.25) is 4.90 Å². The predicted octanol–water partition coefficient (Wildman–Crippen LogP) is 3.90. The molecule has 2 heteroatoms. The fourth-order valence-corrected chi connectivity index (χ4v) is 2.47. The van der Waals surface area contributed by atoms with Crippen molar-refractivity contribution < 1.29 is 0 Å². The first-order chi connectivity index (χ1) is 10.1. The molecular formula is C19H26N2. The fourth-order valence-electron chi connectivity index (χ4n) is 2.47. The first-order valence-electron chi connectivity index (χ1n) is 7.63. The van der Waals surface area contributed by atoms with E-state index < -0.39 is 0 Å². The van der Waals surface area contributed by atoms with Crippen LogP contribution in [0.15, 0.2) is 48.5 Å². The average Bonchev–Trinajstić information content (AvgIpc) is 2.48. The van der Waals surface area contributed by atoms with Crippen molar-refractivity contribution in [2.75, 3.05) is 7.05 Å². The van der Waals surface area contributed by atoms with Crippen molar-refractivity contribution in [1.29, 1.82) is 0 Å². The number of hydrogen-bond acceptors (Lipinski definition) is 2. The molecule has 0 amide bonds. The highest BCUT2D eigenvalue weighted by molar-refractivity contribution is 5.25. The van der Waals surface area contributed by atoms with E-state index >= 15 is 0 Å². The minimum Gasteiger partial charge on any atom is -0.326 e. The molecule has 0 aromatic heterocycles. The Balaban J connectivity index is 1.92. The van der Waals surface area contributed by atoms with Crippen molar-refractivity contribution in [1.82, 2.24) is 4.90 Å². The summed E-state index contributed by atoms with van der Waals surface area (Å²) in [6, 6.07) is 17.5. The molecule has 0 bridgehead atoms. The molecule has 0 spiro atoms. The maximum atomic E-state index is 5.63. The normalized spacial score (nSPS) is 11.3. The molecular weight excluding hydrogens is 256 g/mol. The van der Waals surface area contributed by atoms with Crippen LogP contribution in [0.25, 0.3) is 0 Å². The van der Waals surface area contributed by atoms with Crippen LogP contribution in [0.5, 0.6) is 0 Å². The van der Waals surface area contributed by atoms with Crippen LogP contribution in [-0.2, 0) is 19.6 Å². The third-order valence-electron chi connectivity index (χ3n) is 3.81. The van der Waals surface area contributed by atoms with Gasteiger partial charge in [-0.05, 0) is 35.2 Å². The summed E-state index contributed by atoms with van der Waals surface area (Å²) in [5.74, 6) is 0.595. The Labute approximate surface area is 128 Å². The second kappa shape index (κ2) is 7.39. The van der Waals surface area contributed by atoms with Gasteiger partial charge in [0, 0.05) is 19.6 Å². The summed E-state index contributed by atoms with van der Waals surface area (Å²) in [7, 11) is 2.16. The number of hydrogen-bond donors (Lipinski definition) is 1. The zero-order chi connectivity index (χ0) is 15.2. The van der Waals surface area contributed by atoms with Gasteiger partial charge in [0.2, 0.25) is 0 Å². The number of nitrogens with zero attached hydrogens (tertiary/aromatic N) is 1. The van der Waals surface area contributed by atoms with Gasteiger partial charge in [-0.2, -0.15) is 0 Å². The number of nitrogens with two attached hydrogens (primary N) is 1. The molecule has 0 aliphatic carbocycles. The van der Waals surface area contributed by atoms with Gasteiger partial charge in [-0.25, -0.2) is 0 Å². The van der Waals surface area contributed by atoms with Crippen molar-refractivity contribution >= 4 is 0 Å². The van der Waals surface area contributed by atoms with Crippen molar-refractivity contribution in [2.45, 2.75) is 39.4 Å². The van der Waals surface area contributed by atoms with Crippen LogP contribution in [0.3, 0.4) is 0 Å². The summed E-state index contributed by atoms with van der Waals surface area (Å²) < 4.78 is 0. The van der Waals surface area contributed by atoms with Crippen molar-refractivity contribution in [3.8, 4) is 0 Å². The standard InChI is InChI=1S/C19H26N2/c1-15(2)19-10-8-18(9-11-19)14-21(3)13-17-6-4-16(12-20)5-7-17/h4-11,15H,12-14,20H2,1-3H3. The highest BCUT2D eigenvalue weighted by Gasteiger charge is 2.03. The topological polar surface area (TPSA) is 29.3 Å². The van der Waals surface area contributed by atoms with Crippen LogP contribution in [0.4, 0.5) is 0 Å². The minimum atomic E-state index is 0.595. The third-order valence-corrected chi connectivity index (χ3v) is 3.81. The molecule has 112 valence electrons. The lowest BCUT2D eigenvalue weighted by Crippen LogP contribution is -2.17. The molecule has 0 aliphatic heterocycles. The van der Waals surface area contributed by atoms with Gasteiger partial charge in [0.1, 0.15) is 0 Å². The summed E-state index contributed by atoms with van der Waals surface area (Å²) in [6.07, 6.45) is 0. The molecule has 0 fully saturated rings. The van der Waals surface area contributed by atoms with E-state index in [0.717, 1.165) is 13.1 Å². The highest BCUT2D eigenvalue weighted by Crippen LogP contribution is 2.16. The summed E-state index contributed by atoms with van der Waals surface area (Å²) in [6.45, 7) is 6.99. The Morgan fingerprint density at radius 3 is 1.67 bits per heavy atom. The average molecular weight is 282 g/mol. The zero-order valence-corrected chi connectivity index (χ0v) is 13.3. The molecule has 0 aliphatic rings. The SMILES string of the molecule is CC(C)c1ccc(CN(C)Cc2ccc(CN)cc2)cc1. The third kappa shape index (κ3) is 4.69. The molecule has 0 heterocycles. The lowest BCUT2D eigenvalue weighted by atomic mass is 10.0. The number of rotatable bonds is 6. The van der Waals surface area contributed by atoms with E-state index in [4.69, 9.17) is 5.73 Å². The maximum absolute atomic E-state index is 5.63. The van der Waals surface area contributed by atoms with Crippen molar-refractivity contribution in [3.63, 3.8) is 0 Å². The van der Waals surface area contributed by atoms with Gasteiger partial charge in [-0.1, -0.05) is 62.4 Å². The summed E-state index contributed by atoms with van der Waals surface area (Å²) in [5.41, 5.74) is 10.9. The van der Waals surface area contributed by atoms with Gasteiger partial charge < -0.3 is 5.73 Å². The van der Waals surface area contributed by atoms with Gasteiger partial charge in [0.25, 0.3) is 0 Å². The van der Waals surface area contributed by atoms with E-state index in [1.54, 1.807) is 0 Å². The van der Waals surface area contributed by atoms with Crippen LogP contribution in [0.2, 0.25) is 0 Å². The van der Waals surface area contributed by atoms with Gasteiger partial charge in [-0.15, -0.1) is 0 Å². The van der Waals surface area contributed by atoms with Gasteiger partial charge >= 0.3 is 0 Å². The van der Waals surface area contributed by atoms with Crippen LogP contribution in [0.1, 0.15) is 42.0 Å². The maximum Gasteiger partial charge on any atom is 0.0234 e. The molecule has 0 unspecified atom stereocenters. The second-order valence-corrected chi connectivity index (χ2v) is 6.09. The molecule has 2 nitrogen and oxygen atoms in total. The molecule has 0 radical (unpaired) electrons. The largest absolute Gasteiger partial charge is 0.326 e. The molecule has 21 heavy (non-hydrogen) atoms. The second-order valence-electron chi connectivity index (χ2n) is 6.09. The quantitative estimate of drug-likeness (QED) is 0.870. The van der Waals surface area contributed by atoms with Crippen LogP contribution >= 0.6 is 0 Å². The van der Waals surface area contributed by atoms with Crippen LogP contribution in [-0.4, -0.2) is 11.9 Å². The van der Waals surface area contributed by atoms with Crippen LogP contribution < -0.4 is 5.73 Å². The molecule has 0 saturated carbocycles. The summed E-state index contributed by atoms with van der Waals surface area (Å²) >= 11 is 0. The van der Waals surface area contributed by atoms with Crippen molar-refractivity contribution in [2.24, 2.45) is 5.73 Å². The number of benzene rings is 2. The summed E-state index contributed by atoms with van der Waals surface area (Å²) in [4.78, 5) is 2.34. The first kappa shape index (κ1) is 15.7. The Morgan fingerprint density at radius 1 is 0.810 bits per heavy atom. The zero-order valence-electron chi connectivity index (χ0n) is 13.3. The molecule has 2 N–H and O–H groups in total. The fraction of sp³-hybridized carbons (Fsp3) is 0.368. The smallest absolute Gasteiger partial charge is 0.0234 e. The van der Waals surface area contributed by atoms with Gasteiger partial charge in [0.05, 0.1) is 0 Å². The molecule has 0 atom stereocenters. The molecule has 2 aromatic carbocycles. The monoisotopic (exact) mass is 282 g/mol. The Bertz CT molecular complexity index is 541. The van der Waals surface area contributed by atoms with Crippen molar-refractivity contribution in [3.05, 3.63) is 70.8 Å². The van der Waals surface area contributed by atoms with E-state index in [2.05, 4.69) is 74.3 Å². The Morgan fingerprint density at radius 2 is 1.24 bits per heavy atom. The molecule has 2 rings (SSSR count). The van der Waals surface area contributed by atoms with E-state index in [1.165, 1.54) is 22.3 Å². The highest BCUT2D eigenvalue weighted by atomic mass is 15.1. The molecule has 2 aromatic rings. The Hall–Kier alpha value is -1.64. The first-order valence-corrected chi connectivity index (χ1v) is 7.63. The minimum absolute atomic E-state index is 0.595. The van der Waals surface area contributed by atoms with E-state index in [1.807, 2.05) is 0 Å². The molecule has 0 saturated heterocycles. The van der Waals surface area contributed by atoms with E-state index in [0.29, 0.717) is 12.5 Å². The lowest BCUT2D eigenvalue weighted by Gasteiger charge is -2.17. The van der Waals surface area contributed by atoms with E-state index in [-0.39, 0.29) is 0 Å². The van der Waals surface area contributed by atoms with Gasteiger partial charge in [0.15, 0.2) is 0 Å². The predicted molar refractivity (Wildman–Crippen MR) is 90.0 cm³/mol. The Kier molecular flexibility index (Phi) is 5.54. The lowest BCUT2D eigenvalue weighted by molar-refractivity contribution is 0.319. The summed E-state index contributed by atoms with van der Waals surface area (Å²) in [5, 5.41) is 0. The van der Waals surface area contributed by atoms with E-state index in [9.17, 15) is 0 Å².